The molecule has 0 amide bonds. The fraction of sp³-hybridized carbons (Fsp3) is 0.0909. The zero-order valence-electron chi connectivity index (χ0n) is 8.32. The van der Waals surface area contributed by atoms with E-state index in [0.717, 1.165) is 11.3 Å². The van der Waals surface area contributed by atoms with Crippen LogP contribution >= 0.6 is 23.2 Å². The van der Waals surface area contributed by atoms with Gasteiger partial charge in [-0.25, -0.2) is 9.97 Å². The van der Waals surface area contributed by atoms with Gasteiger partial charge in [0.15, 0.2) is 0 Å². The van der Waals surface area contributed by atoms with Crippen LogP contribution in [0.4, 0.5) is 5.95 Å². The Morgan fingerprint density at radius 3 is 2.62 bits per heavy atom. The van der Waals surface area contributed by atoms with Crippen LogP contribution in [-0.4, -0.2) is 9.97 Å². The molecule has 0 saturated carbocycles. The predicted molar refractivity (Wildman–Crippen MR) is 65.7 cm³/mol. The maximum atomic E-state index is 5.92. The van der Waals surface area contributed by atoms with E-state index in [0.29, 0.717) is 16.5 Å². The summed E-state index contributed by atoms with van der Waals surface area (Å²) < 4.78 is 0. The van der Waals surface area contributed by atoms with E-state index in [4.69, 9.17) is 28.9 Å². The van der Waals surface area contributed by atoms with Crippen LogP contribution in [0.25, 0.3) is 0 Å². The average Bonchev–Trinajstić information content (AvgIpc) is 2.24. The summed E-state index contributed by atoms with van der Waals surface area (Å²) in [6.07, 6.45) is 2.29. The number of nitrogen functional groups attached to an aromatic ring is 1. The van der Waals surface area contributed by atoms with Crippen molar-refractivity contribution >= 4 is 29.2 Å². The molecule has 0 aliphatic rings. The molecular formula is C11H9Cl2N3. The third kappa shape index (κ3) is 2.62. The molecule has 0 unspecified atom stereocenters. The van der Waals surface area contributed by atoms with Crippen molar-refractivity contribution in [2.75, 3.05) is 5.73 Å². The zero-order chi connectivity index (χ0) is 11.5. The highest BCUT2D eigenvalue weighted by molar-refractivity contribution is 6.42. The Morgan fingerprint density at radius 2 is 1.94 bits per heavy atom. The lowest BCUT2D eigenvalue weighted by Crippen LogP contribution is -1.98. The number of hydrogen-bond acceptors (Lipinski definition) is 3. The molecule has 0 aliphatic heterocycles. The molecule has 0 radical (unpaired) electrons. The highest BCUT2D eigenvalue weighted by Crippen LogP contribution is 2.23. The zero-order valence-corrected chi connectivity index (χ0v) is 9.83. The van der Waals surface area contributed by atoms with Crippen molar-refractivity contribution in [3.63, 3.8) is 0 Å². The van der Waals surface area contributed by atoms with E-state index < -0.39 is 0 Å². The van der Waals surface area contributed by atoms with Crippen LogP contribution in [0.3, 0.4) is 0 Å². The van der Waals surface area contributed by atoms with Crippen LogP contribution < -0.4 is 5.73 Å². The smallest absolute Gasteiger partial charge is 0.220 e. The minimum Gasteiger partial charge on any atom is -0.368 e. The van der Waals surface area contributed by atoms with Gasteiger partial charge in [0.2, 0.25) is 5.95 Å². The molecule has 82 valence electrons. The minimum absolute atomic E-state index is 0.276. The Kier molecular flexibility index (Phi) is 3.27. The molecule has 0 fully saturated rings. The van der Waals surface area contributed by atoms with Crippen molar-refractivity contribution in [3.05, 3.63) is 51.8 Å². The summed E-state index contributed by atoms with van der Waals surface area (Å²) in [4.78, 5) is 7.94. The Balaban J connectivity index is 2.24. The van der Waals surface area contributed by atoms with Gasteiger partial charge < -0.3 is 5.73 Å². The standard InChI is InChI=1S/C11H9Cl2N3/c12-9-2-1-7(6-10(9)13)5-8-3-4-15-11(14)16-8/h1-4,6H,5H2,(H2,14,15,16). The SMILES string of the molecule is Nc1nccc(Cc2ccc(Cl)c(Cl)c2)n1. The first-order valence-electron chi connectivity index (χ1n) is 4.66. The Bertz CT molecular complexity index is 514. The van der Waals surface area contributed by atoms with Crippen LogP contribution in [0.1, 0.15) is 11.3 Å². The molecule has 0 bridgehead atoms. The molecule has 2 N–H and O–H groups in total. The van der Waals surface area contributed by atoms with Gasteiger partial charge in [0, 0.05) is 12.6 Å². The third-order valence-corrected chi connectivity index (χ3v) is 2.84. The van der Waals surface area contributed by atoms with Gasteiger partial charge in [-0.05, 0) is 23.8 Å². The third-order valence-electron chi connectivity index (χ3n) is 2.10. The van der Waals surface area contributed by atoms with E-state index in [1.807, 2.05) is 18.2 Å². The topological polar surface area (TPSA) is 51.8 Å². The van der Waals surface area contributed by atoms with Crippen molar-refractivity contribution in [2.45, 2.75) is 6.42 Å². The highest BCUT2D eigenvalue weighted by Gasteiger charge is 2.02. The first-order valence-corrected chi connectivity index (χ1v) is 5.42. The number of nitrogens with zero attached hydrogens (tertiary/aromatic N) is 2. The largest absolute Gasteiger partial charge is 0.368 e. The number of rotatable bonds is 2. The van der Waals surface area contributed by atoms with Gasteiger partial charge in [0.1, 0.15) is 0 Å². The number of halogens is 2. The molecule has 0 saturated heterocycles. The number of benzene rings is 1. The average molecular weight is 254 g/mol. The van der Waals surface area contributed by atoms with Gasteiger partial charge in [0.25, 0.3) is 0 Å². The van der Waals surface area contributed by atoms with Gasteiger partial charge >= 0.3 is 0 Å². The Hall–Kier alpha value is -1.32. The van der Waals surface area contributed by atoms with Crippen molar-refractivity contribution < 1.29 is 0 Å². The molecule has 2 rings (SSSR count). The quantitative estimate of drug-likeness (QED) is 0.896. The van der Waals surface area contributed by atoms with Crippen molar-refractivity contribution in [3.8, 4) is 0 Å². The van der Waals surface area contributed by atoms with Crippen LogP contribution in [-0.2, 0) is 6.42 Å². The number of aromatic nitrogens is 2. The van der Waals surface area contributed by atoms with Crippen molar-refractivity contribution in [1.29, 1.82) is 0 Å². The molecule has 0 spiro atoms. The Labute approximate surface area is 103 Å². The molecular weight excluding hydrogens is 245 g/mol. The normalized spacial score (nSPS) is 10.4. The number of nitrogens with two attached hydrogens (primary N) is 1. The highest BCUT2D eigenvalue weighted by atomic mass is 35.5. The van der Waals surface area contributed by atoms with E-state index >= 15 is 0 Å². The molecule has 5 heteroatoms. The van der Waals surface area contributed by atoms with E-state index in [2.05, 4.69) is 9.97 Å². The fourth-order valence-electron chi connectivity index (χ4n) is 1.37. The maximum Gasteiger partial charge on any atom is 0.220 e. The predicted octanol–water partition coefficient (Wildman–Crippen LogP) is 2.96. The van der Waals surface area contributed by atoms with Crippen LogP contribution in [0.2, 0.25) is 10.0 Å². The molecule has 0 aliphatic carbocycles. The van der Waals surface area contributed by atoms with Gasteiger partial charge in [-0.3, -0.25) is 0 Å². The second kappa shape index (κ2) is 4.68. The second-order valence-corrected chi connectivity index (χ2v) is 4.15. The van der Waals surface area contributed by atoms with E-state index in [9.17, 15) is 0 Å². The van der Waals surface area contributed by atoms with E-state index in [1.54, 1.807) is 12.3 Å². The summed E-state index contributed by atoms with van der Waals surface area (Å²) in [5.74, 6) is 0.276. The van der Waals surface area contributed by atoms with Crippen molar-refractivity contribution in [2.24, 2.45) is 0 Å². The van der Waals surface area contributed by atoms with Gasteiger partial charge in [-0.2, -0.15) is 0 Å². The lowest BCUT2D eigenvalue weighted by atomic mass is 10.1. The summed E-state index contributed by atoms with van der Waals surface area (Å²) in [7, 11) is 0. The molecule has 16 heavy (non-hydrogen) atoms. The van der Waals surface area contributed by atoms with Gasteiger partial charge in [0.05, 0.1) is 15.7 Å². The van der Waals surface area contributed by atoms with E-state index in [1.165, 1.54) is 0 Å². The fourth-order valence-corrected chi connectivity index (χ4v) is 1.69. The second-order valence-electron chi connectivity index (χ2n) is 3.33. The molecule has 1 aromatic heterocycles. The number of hydrogen-bond donors (Lipinski definition) is 1. The van der Waals surface area contributed by atoms with Gasteiger partial charge in [-0.15, -0.1) is 0 Å². The lowest BCUT2D eigenvalue weighted by Gasteiger charge is -2.03. The van der Waals surface area contributed by atoms with Crippen LogP contribution in [0.15, 0.2) is 30.5 Å². The monoisotopic (exact) mass is 253 g/mol. The summed E-state index contributed by atoms with van der Waals surface area (Å²) >= 11 is 11.8. The lowest BCUT2D eigenvalue weighted by molar-refractivity contribution is 1.04. The van der Waals surface area contributed by atoms with Crippen molar-refractivity contribution in [1.82, 2.24) is 9.97 Å². The van der Waals surface area contributed by atoms with Crippen LogP contribution in [0.5, 0.6) is 0 Å². The minimum atomic E-state index is 0.276. The molecule has 2 aromatic rings. The first kappa shape index (κ1) is 11.2. The molecule has 1 heterocycles. The molecule has 0 atom stereocenters. The Morgan fingerprint density at radius 1 is 1.12 bits per heavy atom. The molecule has 1 aromatic carbocycles. The summed E-state index contributed by atoms with van der Waals surface area (Å²) in [6.45, 7) is 0. The van der Waals surface area contributed by atoms with E-state index in [-0.39, 0.29) is 5.95 Å². The van der Waals surface area contributed by atoms with Crippen LogP contribution in [0, 0.1) is 0 Å². The summed E-state index contributed by atoms with van der Waals surface area (Å²) in [5.41, 5.74) is 7.38. The maximum absolute atomic E-state index is 5.92. The summed E-state index contributed by atoms with van der Waals surface area (Å²) in [6, 6.07) is 7.32. The molecule has 3 nitrogen and oxygen atoms in total. The van der Waals surface area contributed by atoms with Gasteiger partial charge in [-0.1, -0.05) is 29.3 Å². The first-order chi connectivity index (χ1) is 7.65. The number of anilines is 1. The summed E-state index contributed by atoms with van der Waals surface area (Å²) in [5, 5.41) is 1.09.